The van der Waals surface area contributed by atoms with E-state index >= 15 is 0 Å². The highest BCUT2D eigenvalue weighted by atomic mass is 32.1. The molecule has 6 aromatic heterocycles. The zero-order valence-electron chi connectivity index (χ0n) is 21.6. The Bertz CT molecular complexity index is 1860. The number of H-pyrrole nitrogens is 2. The first kappa shape index (κ1) is 24.6. The summed E-state index contributed by atoms with van der Waals surface area (Å²) in [6.45, 7) is 5.58. The molecule has 6 rings (SSSR count). The molecule has 9 nitrogen and oxygen atoms in total. The van der Waals surface area contributed by atoms with Crippen LogP contribution in [0.3, 0.4) is 0 Å². The zero-order chi connectivity index (χ0) is 27.1. The van der Waals surface area contributed by atoms with Crippen LogP contribution in [0.1, 0.15) is 36.9 Å². The maximum atomic E-state index is 12.2. The summed E-state index contributed by atoms with van der Waals surface area (Å²) in [5, 5.41) is 12.4. The number of thiophene rings is 1. The third-order valence-electron chi connectivity index (χ3n) is 6.35. The number of nitrogens with one attached hydrogen (secondary N) is 3. The van der Waals surface area contributed by atoms with E-state index in [1.165, 1.54) is 11.3 Å². The van der Waals surface area contributed by atoms with Crippen molar-refractivity contribution in [2.75, 3.05) is 5.32 Å². The molecule has 0 aliphatic rings. The topological polar surface area (TPSA) is 129 Å². The number of hydrogen-bond donors (Lipinski definition) is 3. The Balaban J connectivity index is 1.37. The van der Waals surface area contributed by atoms with Crippen LogP contribution in [0.5, 0.6) is 0 Å². The molecule has 0 fully saturated rings. The van der Waals surface area contributed by atoms with E-state index in [1.807, 2.05) is 50.2 Å². The normalized spacial score (nSPS) is 11.5. The van der Waals surface area contributed by atoms with Crippen LogP contribution in [-0.2, 0) is 4.79 Å². The summed E-state index contributed by atoms with van der Waals surface area (Å²) < 4.78 is 0. The molecule has 0 aliphatic carbocycles. The number of hydrogen-bond acceptors (Lipinski definition) is 7. The van der Waals surface area contributed by atoms with Crippen LogP contribution >= 0.6 is 11.3 Å². The van der Waals surface area contributed by atoms with Gasteiger partial charge in [0.05, 0.1) is 50.4 Å². The summed E-state index contributed by atoms with van der Waals surface area (Å²) in [5.74, 6) is 0.265. The fourth-order valence-electron chi connectivity index (χ4n) is 4.54. The summed E-state index contributed by atoms with van der Waals surface area (Å²) >= 11 is 1.44. The van der Waals surface area contributed by atoms with Crippen molar-refractivity contribution in [3.05, 3.63) is 66.1 Å². The molecule has 0 saturated heterocycles. The van der Waals surface area contributed by atoms with E-state index in [2.05, 4.69) is 35.5 Å². The molecule has 10 heteroatoms. The Morgan fingerprint density at radius 1 is 0.974 bits per heavy atom. The highest BCUT2D eigenvalue weighted by molar-refractivity contribution is 7.17. The van der Waals surface area contributed by atoms with Gasteiger partial charge in [0.25, 0.3) is 0 Å². The van der Waals surface area contributed by atoms with Crippen molar-refractivity contribution in [2.24, 2.45) is 5.92 Å². The minimum atomic E-state index is -0.0442. The number of carbonyl (C=O) groups is 2. The molecular formula is C29H25N7O2S. The summed E-state index contributed by atoms with van der Waals surface area (Å²) in [5.41, 5.74) is 6.25. The molecule has 3 N–H and O–H groups in total. The second-order valence-electron chi connectivity index (χ2n) is 9.82. The lowest BCUT2D eigenvalue weighted by molar-refractivity contribution is -0.116. The summed E-state index contributed by atoms with van der Waals surface area (Å²) in [6, 6.07) is 11.6. The number of nitrogens with zero attached hydrogens (tertiary/aromatic N) is 4. The Hall–Kier alpha value is -4.70. The number of pyridine rings is 3. The first-order valence-corrected chi connectivity index (χ1v) is 13.4. The number of aromatic amines is 2. The number of anilines is 1. The van der Waals surface area contributed by atoms with Gasteiger partial charge in [0.2, 0.25) is 5.91 Å². The van der Waals surface area contributed by atoms with Crippen molar-refractivity contribution in [3.63, 3.8) is 0 Å². The second kappa shape index (κ2) is 9.88. The summed E-state index contributed by atoms with van der Waals surface area (Å²) in [4.78, 5) is 42.7. The minimum absolute atomic E-state index is 0.0410. The van der Waals surface area contributed by atoms with Gasteiger partial charge in [-0.05, 0) is 49.2 Å². The number of rotatable bonds is 7. The fraction of sp³-hybridized carbons (Fsp3) is 0.172. The van der Waals surface area contributed by atoms with Gasteiger partial charge < -0.3 is 10.3 Å². The van der Waals surface area contributed by atoms with Crippen molar-refractivity contribution in [1.29, 1.82) is 0 Å². The number of aromatic nitrogens is 6. The van der Waals surface area contributed by atoms with Crippen LogP contribution in [0.15, 0.2) is 61.2 Å². The molecule has 0 aromatic carbocycles. The van der Waals surface area contributed by atoms with Gasteiger partial charge in [-0.1, -0.05) is 13.8 Å². The van der Waals surface area contributed by atoms with Gasteiger partial charge in [0.15, 0.2) is 5.78 Å². The maximum absolute atomic E-state index is 12.2. The lowest BCUT2D eigenvalue weighted by atomic mass is 10.1. The highest BCUT2D eigenvalue weighted by Gasteiger charge is 2.17. The standard InChI is InChI=1S/C29H25N7O2S/c1-15(2)8-27(38)33-18-9-17(12-30-13-18)22-10-20-24(14-32-22)35-36-28(20)23-11-19-21(34-23)6-7-31-29(19)26-5-4-25(39-26)16(3)37/h4-7,9-15,34H,8H2,1-3H3,(H,33,38)(H,35,36). The van der Waals surface area contributed by atoms with Crippen LogP contribution in [-0.4, -0.2) is 41.8 Å². The van der Waals surface area contributed by atoms with Gasteiger partial charge in [-0.15, -0.1) is 11.3 Å². The number of ketones is 1. The maximum Gasteiger partial charge on any atom is 0.224 e. The molecular weight excluding hydrogens is 510 g/mol. The van der Waals surface area contributed by atoms with E-state index in [0.29, 0.717) is 22.7 Å². The number of amides is 1. The van der Waals surface area contributed by atoms with Crippen molar-refractivity contribution >= 4 is 50.5 Å². The van der Waals surface area contributed by atoms with Gasteiger partial charge in [0, 0.05) is 40.7 Å². The number of fused-ring (bicyclic) bond motifs is 2. The SMILES string of the molecule is CC(=O)c1ccc(-c2nccc3[nH]c(-c4n[nH]c5cnc(-c6cncc(NC(=O)CC(C)C)c6)cc45)cc23)s1. The van der Waals surface area contributed by atoms with Gasteiger partial charge in [-0.25, -0.2) is 0 Å². The monoisotopic (exact) mass is 535 g/mol. The van der Waals surface area contributed by atoms with Crippen LogP contribution in [0.25, 0.3) is 55.0 Å². The lowest BCUT2D eigenvalue weighted by Gasteiger charge is -2.08. The highest BCUT2D eigenvalue weighted by Crippen LogP contribution is 2.36. The van der Waals surface area contributed by atoms with Gasteiger partial charge in [0.1, 0.15) is 5.69 Å². The van der Waals surface area contributed by atoms with Crippen molar-refractivity contribution < 1.29 is 9.59 Å². The molecule has 0 spiro atoms. The van der Waals surface area contributed by atoms with Gasteiger partial charge in [-0.3, -0.25) is 29.6 Å². The third-order valence-corrected chi connectivity index (χ3v) is 7.54. The van der Waals surface area contributed by atoms with Gasteiger partial charge in [-0.2, -0.15) is 5.10 Å². The summed E-state index contributed by atoms with van der Waals surface area (Å²) in [7, 11) is 0. The molecule has 6 aromatic rings. The van der Waals surface area contributed by atoms with Crippen LogP contribution in [0.4, 0.5) is 5.69 Å². The van der Waals surface area contributed by atoms with Crippen LogP contribution < -0.4 is 5.32 Å². The van der Waals surface area contributed by atoms with E-state index in [-0.39, 0.29) is 17.6 Å². The van der Waals surface area contributed by atoms with E-state index in [9.17, 15) is 9.59 Å². The van der Waals surface area contributed by atoms with Crippen molar-refractivity contribution in [2.45, 2.75) is 27.2 Å². The quantitative estimate of drug-likeness (QED) is 0.201. The Morgan fingerprint density at radius 2 is 1.82 bits per heavy atom. The van der Waals surface area contributed by atoms with E-state index in [1.54, 1.807) is 31.7 Å². The second-order valence-corrected chi connectivity index (χ2v) is 10.9. The summed E-state index contributed by atoms with van der Waals surface area (Å²) in [6.07, 6.45) is 7.31. The Morgan fingerprint density at radius 3 is 2.62 bits per heavy atom. The largest absolute Gasteiger partial charge is 0.353 e. The smallest absolute Gasteiger partial charge is 0.224 e. The first-order chi connectivity index (χ1) is 18.9. The molecule has 0 aliphatic heterocycles. The minimum Gasteiger partial charge on any atom is -0.353 e. The molecule has 39 heavy (non-hydrogen) atoms. The molecule has 0 unspecified atom stereocenters. The molecule has 0 atom stereocenters. The van der Waals surface area contributed by atoms with Crippen molar-refractivity contribution in [3.8, 4) is 33.2 Å². The van der Waals surface area contributed by atoms with Crippen molar-refractivity contribution in [1.82, 2.24) is 30.1 Å². The Kier molecular flexibility index (Phi) is 6.24. The van der Waals surface area contributed by atoms with Gasteiger partial charge >= 0.3 is 0 Å². The van der Waals surface area contributed by atoms with E-state index < -0.39 is 0 Å². The van der Waals surface area contributed by atoms with E-state index in [0.717, 1.165) is 49.3 Å². The Labute approximate surface area is 227 Å². The molecule has 0 bridgehead atoms. The predicted molar refractivity (Wildman–Crippen MR) is 154 cm³/mol. The fourth-order valence-corrected chi connectivity index (χ4v) is 5.46. The predicted octanol–water partition coefficient (Wildman–Crippen LogP) is 6.48. The molecule has 1 amide bonds. The van der Waals surface area contributed by atoms with Crippen LogP contribution in [0.2, 0.25) is 0 Å². The van der Waals surface area contributed by atoms with Crippen LogP contribution in [0, 0.1) is 5.92 Å². The zero-order valence-corrected chi connectivity index (χ0v) is 22.4. The molecule has 194 valence electrons. The molecule has 0 saturated carbocycles. The van der Waals surface area contributed by atoms with E-state index in [4.69, 9.17) is 0 Å². The number of Topliss-reactive ketones (excluding diaryl/α,β-unsaturated/α-hetero) is 1. The molecule has 6 heterocycles. The average molecular weight is 536 g/mol. The third kappa shape index (κ3) is 4.82. The molecule has 0 radical (unpaired) electrons. The first-order valence-electron chi connectivity index (χ1n) is 12.5. The number of carbonyl (C=O) groups excluding carboxylic acids is 2. The lowest BCUT2D eigenvalue weighted by Crippen LogP contribution is -2.13. The average Bonchev–Trinajstić information content (AvgIpc) is 3.65.